The predicted molar refractivity (Wildman–Crippen MR) is 158 cm³/mol. The van der Waals surface area contributed by atoms with Crippen molar-refractivity contribution in [2.45, 2.75) is 58.0 Å². The van der Waals surface area contributed by atoms with Crippen LogP contribution in [0.2, 0.25) is 13.1 Å². The van der Waals surface area contributed by atoms with Crippen molar-refractivity contribution in [1.82, 2.24) is 0 Å². The van der Waals surface area contributed by atoms with Crippen LogP contribution in [-0.2, 0) is 32.6 Å². The van der Waals surface area contributed by atoms with Gasteiger partial charge in [-0.1, -0.05) is 117 Å². The van der Waals surface area contributed by atoms with Crippen molar-refractivity contribution >= 4 is 15.6 Å². The number of rotatable bonds is 6. The summed E-state index contributed by atoms with van der Waals surface area (Å²) in [7, 11) is 0.750. The number of hydrogen-bond acceptors (Lipinski definition) is 0. The molecule has 0 saturated carbocycles. The summed E-state index contributed by atoms with van der Waals surface area (Å²) in [6.45, 7) is 6.71. The predicted octanol–water partition coefficient (Wildman–Crippen LogP) is 3.36. The third kappa shape index (κ3) is 6.97. The van der Waals surface area contributed by atoms with Gasteiger partial charge in [0.2, 0.25) is 0 Å². The van der Waals surface area contributed by atoms with E-state index in [1.807, 2.05) is 0 Å². The molecule has 0 saturated heterocycles. The minimum absolute atomic E-state index is 0. The van der Waals surface area contributed by atoms with Crippen LogP contribution < -0.4 is 24.8 Å². The van der Waals surface area contributed by atoms with E-state index in [0.29, 0.717) is 5.92 Å². The second kappa shape index (κ2) is 15.9. The van der Waals surface area contributed by atoms with Gasteiger partial charge in [-0.3, -0.25) is 0 Å². The van der Waals surface area contributed by atoms with Crippen molar-refractivity contribution in [3.63, 3.8) is 0 Å². The molecule has 4 heteroatoms. The monoisotopic (exact) mass is 644 g/mol. The van der Waals surface area contributed by atoms with Crippen LogP contribution in [-0.4, -0.2) is 9.52 Å². The van der Waals surface area contributed by atoms with Crippen molar-refractivity contribution in [2.75, 3.05) is 0 Å². The summed E-state index contributed by atoms with van der Waals surface area (Å²) in [5.41, 5.74) is 14.2. The number of unbranched alkanes of at least 4 members (excludes halogenated alkanes) is 2. The van der Waals surface area contributed by atoms with Gasteiger partial charge in [0.05, 0.1) is 0 Å². The SMILES string of the molecule is CCCCCC1=Cc2c(-c3ccccc3)cccc2C1c1[c-]ccc2c1Cc1ccccc1-2.C[SiH]C.[Cl-].[Cl-].[Zr+3]. The smallest absolute Gasteiger partial charge is 1.00 e. The zero-order valence-corrected chi connectivity index (χ0v) is 28.2. The standard InChI is InChI=1S/C33H29.C2H7Si.2ClH.Zr/c1-2-3-5-15-25-22-31-26(23-12-6-4-7-13-23)17-10-19-29(31)33(25)30-20-11-18-28-27-16-9-8-14-24(27)21-32(28)30;1-3-2;;;/h4,6-14,16-19,22,33H,2-3,5,15,21H2,1H3;3H,1-2H3;2*1H;/q-1;;;;+3/p-2. The quantitative estimate of drug-likeness (QED) is 0.151. The first-order valence-corrected chi connectivity index (χ1v) is 15.8. The van der Waals surface area contributed by atoms with Gasteiger partial charge in [0.15, 0.2) is 0 Å². The fourth-order valence-electron chi connectivity index (χ4n) is 5.85. The van der Waals surface area contributed by atoms with E-state index >= 15 is 0 Å². The molecule has 0 amide bonds. The fourth-order valence-corrected chi connectivity index (χ4v) is 5.85. The Kier molecular flexibility index (Phi) is 13.7. The number of halogens is 2. The van der Waals surface area contributed by atoms with E-state index < -0.39 is 0 Å². The van der Waals surface area contributed by atoms with Gasteiger partial charge in [-0.2, -0.15) is 18.2 Å². The van der Waals surface area contributed by atoms with Gasteiger partial charge in [0.25, 0.3) is 0 Å². The molecule has 39 heavy (non-hydrogen) atoms. The van der Waals surface area contributed by atoms with E-state index in [9.17, 15) is 0 Å². The van der Waals surface area contributed by atoms with E-state index in [4.69, 9.17) is 0 Å². The number of fused-ring (bicyclic) bond motifs is 4. The van der Waals surface area contributed by atoms with Crippen LogP contribution in [0.1, 0.15) is 66.3 Å². The van der Waals surface area contributed by atoms with Gasteiger partial charge in [-0.15, -0.1) is 16.7 Å². The average molecular weight is 647 g/mol. The Labute approximate surface area is 269 Å². The molecule has 0 spiro atoms. The minimum atomic E-state index is 0. The molecular formula is C35H36Cl2SiZr. The first-order valence-electron chi connectivity index (χ1n) is 13.5. The van der Waals surface area contributed by atoms with Crippen molar-refractivity contribution < 1.29 is 51.0 Å². The Hall–Kier alpha value is -1.70. The summed E-state index contributed by atoms with van der Waals surface area (Å²) in [5, 5.41) is 0. The molecule has 6 rings (SSSR count). The Morgan fingerprint density at radius 1 is 0.795 bits per heavy atom. The molecule has 2 aliphatic carbocycles. The normalized spacial score (nSPS) is 13.7. The molecule has 1 unspecified atom stereocenters. The summed E-state index contributed by atoms with van der Waals surface area (Å²) in [5.74, 6) is 0.310. The molecule has 0 bridgehead atoms. The second-order valence-corrected chi connectivity index (χ2v) is 11.1. The van der Waals surface area contributed by atoms with Crippen LogP contribution in [0.4, 0.5) is 0 Å². The summed E-state index contributed by atoms with van der Waals surface area (Å²) in [6.07, 6.45) is 8.48. The molecule has 0 fully saturated rings. The zero-order valence-electron chi connectivity index (χ0n) is 23.1. The topological polar surface area (TPSA) is 0 Å². The van der Waals surface area contributed by atoms with E-state index in [2.05, 4.69) is 117 Å². The number of benzene rings is 4. The molecule has 198 valence electrons. The van der Waals surface area contributed by atoms with Crippen molar-refractivity contribution in [3.8, 4) is 22.3 Å². The number of hydrogen-bond donors (Lipinski definition) is 0. The second-order valence-electron chi connectivity index (χ2n) is 9.98. The first kappa shape index (κ1) is 33.5. The Morgan fingerprint density at radius 2 is 1.49 bits per heavy atom. The third-order valence-electron chi connectivity index (χ3n) is 7.41. The van der Waals surface area contributed by atoms with Gasteiger partial charge < -0.3 is 24.8 Å². The molecule has 2 radical (unpaired) electrons. The van der Waals surface area contributed by atoms with E-state index in [-0.39, 0.29) is 51.0 Å². The van der Waals surface area contributed by atoms with E-state index in [1.54, 1.807) is 5.57 Å². The molecule has 0 aliphatic heterocycles. The Bertz CT molecular complexity index is 1380. The van der Waals surface area contributed by atoms with Gasteiger partial charge in [-0.05, 0) is 52.6 Å². The van der Waals surface area contributed by atoms with Crippen LogP contribution in [0.15, 0.2) is 90.5 Å². The Morgan fingerprint density at radius 3 is 2.23 bits per heavy atom. The average Bonchev–Trinajstić information content (AvgIpc) is 3.48. The molecule has 4 aromatic rings. The zero-order chi connectivity index (χ0) is 24.9. The summed E-state index contributed by atoms with van der Waals surface area (Å²) in [4.78, 5) is 0. The molecule has 1 atom stereocenters. The van der Waals surface area contributed by atoms with E-state index in [1.165, 1.54) is 69.3 Å². The summed E-state index contributed by atoms with van der Waals surface area (Å²) < 4.78 is 0. The van der Waals surface area contributed by atoms with Crippen LogP contribution in [0.5, 0.6) is 0 Å². The third-order valence-corrected chi connectivity index (χ3v) is 7.41. The fraction of sp³-hybridized carbons (Fsp3) is 0.257. The first-order chi connectivity index (χ1) is 17.8. The number of allylic oxidation sites excluding steroid dienone is 1. The largest absolute Gasteiger partial charge is 3.00 e. The molecule has 0 nitrogen and oxygen atoms in total. The van der Waals surface area contributed by atoms with Crippen molar-refractivity contribution in [3.05, 3.63) is 124 Å². The molecule has 0 aromatic heterocycles. The molecular weight excluding hydrogens is 611 g/mol. The van der Waals surface area contributed by atoms with Crippen molar-refractivity contribution in [1.29, 1.82) is 0 Å². The maximum atomic E-state index is 3.73. The summed E-state index contributed by atoms with van der Waals surface area (Å²) >= 11 is 0. The van der Waals surface area contributed by atoms with Gasteiger partial charge >= 0.3 is 26.2 Å². The molecule has 0 heterocycles. The molecule has 2 aliphatic rings. The molecule has 0 N–H and O–H groups in total. The minimum Gasteiger partial charge on any atom is -1.00 e. The summed E-state index contributed by atoms with van der Waals surface area (Å²) in [6, 6.07) is 34.8. The van der Waals surface area contributed by atoms with Crippen LogP contribution >= 0.6 is 0 Å². The maximum Gasteiger partial charge on any atom is 3.00 e. The van der Waals surface area contributed by atoms with Crippen LogP contribution in [0, 0.1) is 6.07 Å². The molecule has 4 aromatic carbocycles. The van der Waals surface area contributed by atoms with Crippen LogP contribution in [0.3, 0.4) is 0 Å². The Balaban J connectivity index is 0.000000852. The van der Waals surface area contributed by atoms with Gasteiger partial charge in [-0.25, -0.2) is 0 Å². The van der Waals surface area contributed by atoms with Crippen LogP contribution in [0.25, 0.3) is 28.3 Å². The van der Waals surface area contributed by atoms with Gasteiger partial charge in [0.1, 0.15) is 0 Å². The maximum absolute atomic E-state index is 3.73. The van der Waals surface area contributed by atoms with Gasteiger partial charge in [0, 0.05) is 15.4 Å². The van der Waals surface area contributed by atoms with E-state index in [0.717, 1.165) is 22.4 Å². The van der Waals surface area contributed by atoms with Crippen molar-refractivity contribution in [2.24, 2.45) is 0 Å².